The van der Waals surface area contributed by atoms with E-state index in [4.69, 9.17) is 4.74 Å². The van der Waals surface area contributed by atoms with E-state index in [1.165, 1.54) is 19.3 Å². The van der Waals surface area contributed by atoms with Crippen molar-refractivity contribution >= 4 is 5.91 Å². The maximum atomic E-state index is 12.4. The average Bonchev–Trinajstić information content (AvgIpc) is 3.26. The molecule has 3 aliphatic rings. The standard InChI is InChI=1S/C15H28N4O2/c1-3-9-4-7-11(8-12(9)16-2)13(20)17-15-19-18-14(21-15)10-5-6-10/h9-12,14-16,18-19H,3-8H2,1-2H3,(H,17,20). The van der Waals surface area contributed by atoms with Gasteiger partial charge in [-0.15, -0.1) is 0 Å². The average molecular weight is 296 g/mol. The second-order valence-electron chi connectivity index (χ2n) is 6.64. The van der Waals surface area contributed by atoms with Gasteiger partial charge in [0, 0.05) is 12.0 Å². The molecule has 0 spiro atoms. The van der Waals surface area contributed by atoms with Crippen LogP contribution in [0.3, 0.4) is 0 Å². The van der Waals surface area contributed by atoms with Crippen LogP contribution in [0.5, 0.6) is 0 Å². The summed E-state index contributed by atoms with van der Waals surface area (Å²) in [5, 5.41) is 6.35. The van der Waals surface area contributed by atoms with Crippen LogP contribution in [0.25, 0.3) is 0 Å². The van der Waals surface area contributed by atoms with Gasteiger partial charge in [0.1, 0.15) is 6.23 Å². The summed E-state index contributed by atoms with van der Waals surface area (Å²) >= 11 is 0. The maximum absolute atomic E-state index is 12.4. The maximum Gasteiger partial charge on any atom is 0.226 e. The zero-order chi connectivity index (χ0) is 14.8. The summed E-state index contributed by atoms with van der Waals surface area (Å²) in [6.07, 6.45) is 6.30. The van der Waals surface area contributed by atoms with Gasteiger partial charge in [-0.25, -0.2) is 10.9 Å². The second kappa shape index (κ2) is 6.60. The molecule has 6 heteroatoms. The highest BCUT2D eigenvalue weighted by Gasteiger charge is 2.39. The van der Waals surface area contributed by atoms with Crippen LogP contribution in [0.1, 0.15) is 45.4 Å². The molecule has 120 valence electrons. The zero-order valence-corrected chi connectivity index (χ0v) is 13.0. The van der Waals surface area contributed by atoms with Crippen LogP contribution < -0.4 is 21.5 Å². The third-order valence-corrected chi connectivity index (χ3v) is 5.22. The molecular formula is C15H28N4O2. The van der Waals surface area contributed by atoms with Gasteiger partial charge >= 0.3 is 0 Å². The number of hydrogen-bond donors (Lipinski definition) is 4. The number of rotatable bonds is 5. The Bertz CT molecular complexity index is 375. The fourth-order valence-corrected chi connectivity index (χ4v) is 3.63. The minimum atomic E-state index is -0.389. The minimum absolute atomic E-state index is 0.0520. The fourth-order valence-electron chi connectivity index (χ4n) is 3.63. The number of ether oxygens (including phenoxy) is 1. The molecule has 3 fully saturated rings. The summed E-state index contributed by atoms with van der Waals surface area (Å²) in [6, 6.07) is 0.453. The quantitative estimate of drug-likeness (QED) is 0.600. The van der Waals surface area contributed by atoms with Gasteiger partial charge in [-0.2, -0.15) is 0 Å². The monoisotopic (exact) mass is 296 g/mol. The van der Waals surface area contributed by atoms with Crippen LogP contribution in [0, 0.1) is 17.8 Å². The first kappa shape index (κ1) is 15.2. The van der Waals surface area contributed by atoms with E-state index >= 15 is 0 Å². The predicted molar refractivity (Wildman–Crippen MR) is 79.8 cm³/mol. The molecule has 0 aromatic rings. The number of carbonyl (C=O) groups excluding carboxylic acids is 1. The largest absolute Gasteiger partial charge is 0.324 e. The first-order chi connectivity index (χ1) is 10.2. The molecule has 1 amide bonds. The van der Waals surface area contributed by atoms with Crippen molar-refractivity contribution in [2.75, 3.05) is 7.05 Å². The summed E-state index contributed by atoms with van der Waals surface area (Å²) in [6.45, 7) is 2.23. The van der Waals surface area contributed by atoms with Crippen LogP contribution in [0.15, 0.2) is 0 Å². The predicted octanol–water partition coefficient (Wildman–Crippen LogP) is 0.661. The molecular weight excluding hydrogens is 268 g/mol. The van der Waals surface area contributed by atoms with Gasteiger partial charge in [0.15, 0.2) is 0 Å². The molecule has 5 unspecified atom stereocenters. The lowest BCUT2D eigenvalue weighted by molar-refractivity contribution is -0.131. The Balaban J connectivity index is 1.47. The van der Waals surface area contributed by atoms with E-state index in [0.717, 1.165) is 19.3 Å². The first-order valence-corrected chi connectivity index (χ1v) is 8.35. The van der Waals surface area contributed by atoms with Crippen LogP contribution >= 0.6 is 0 Å². The molecule has 5 atom stereocenters. The van der Waals surface area contributed by atoms with Crippen LogP contribution in [0.2, 0.25) is 0 Å². The van der Waals surface area contributed by atoms with Gasteiger partial charge in [0.05, 0.1) is 0 Å². The Morgan fingerprint density at radius 1 is 1.24 bits per heavy atom. The molecule has 3 rings (SSSR count). The molecule has 2 saturated carbocycles. The number of hydrogen-bond acceptors (Lipinski definition) is 5. The van der Waals surface area contributed by atoms with E-state index in [1.54, 1.807) is 0 Å². The SMILES string of the molecule is CCC1CCC(C(=O)NC2NNC(C3CC3)O2)CC1NC. The highest BCUT2D eigenvalue weighted by molar-refractivity contribution is 5.79. The topological polar surface area (TPSA) is 74.4 Å². The molecule has 2 aliphatic carbocycles. The lowest BCUT2D eigenvalue weighted by Gasteiger charge is -2.35. The highest BCUT2D eigenvalue weighted by Crippen LogP contribution is 2.34. The normalized spacial score (nSPS) is 40.2. The summed E-state index contributed by atoms with van der Waals surface area (Å²) in [5.41, 5.74) is 6.14. The Labute approximate surface area is 126 Å². The summed E-state index contributed by atoms with van der Waals surface area (Å²) in [7, 11) is 2.00. The Morgan fingerprint density at radius 2 is 2.05 bits per heavy atom. The molecule has 0 radical (unpaired) electrons. The highest BCUT2D eigenvalue weighted by atomic mass is 16.6. The molecule has 6 nitrogen and oxygen atoms in total. The molecule has 1 heterocycles. The van der Waals surface area contributed by atoms with E-state index in [9.17, 15) is 4.79 Å². The fraction of sp³-hybridized carbons (Fsp3) is 0.933. The number of carbonyl (C=O) groups is 1. The van der Waals surface area contributed by atoms with Crippen molar-refractivity contribution in [1.82, 2.24) is 21.5 Å². The lowest BCUT2D eigenvalue weighted by atomic mass is 9.77. The first-order valence-electron chi connectivity index (χ1n) is 8.35. The van der Waals surface area contributed by atoms with Crippen molar-refractivity contribution in [1.29, 1.82) is 0 Å². The summed E-state index contributed by atoms with van der Waals surface area (Å²) in [5.74, 6) is 1.50. The van der Waals surface area contributed by atoms with Gasteiger partial charge < -0.3 is 15.4 Å². The van der Waals surface area contributed by atoms with Gasteiger partial charge in [0.2, 0.25) is 12.3 Å². The van der Waals surface area contributed by atoms with Crippen LogP contribution in [-0.4, -0.2) is 31.6 Å². The molecule has 21 heavy (non-hydrogen) atoms. The van der Waals surface area contributed by atoms with E-state index in [1.807, 2.05) is 7.05 Å². The Hall–Kier alpha value is -0.690. The van der Waals surface area contributed by atoms with E-state index < -0.39 is 0 Å². The van der Waals surface area contributed by atoms with E-state index in [2.05, 4.69) is 28.4 Å². The van der Waals surface area contributed by atoms with Crippen LogP contribution in [-0.2, 0) is 9.53 Å². The van der Waals surface area contributed by atoms with Crippen molar-refractivity contribution < 1.29 is 9.53 Å². The number of amides is 1. The zero-order valence-electron chi connectivity index (χ0n) is 13.0. The third-order valence-electron chi connectivity index (χ3n) is 5.22. The van der Waals surface area contributed by atoms with Gasteiger partial charge in [-0.05, 0) is 51.0 Å². The Kier molecular flexibility index (Phi) is 4.78. The van der Waals surface area contributed by atoms with Crippen molar-refractivity contribution in [2.45, 2.75) is 64.1 Å². The van der Waals surface area contributed by atoms with Gasteiger partial charge in [-0.1, -0.05) is 13.3 Å². The number of nitrogens with one attached hydrogen (secondary N) is 4. The lowest BCUT2D eigenvalue weighted by Crippen LogP contribution is -2.49. The molecule has 1 aliphatic heterocycles. The molecule has 0 bridgehead atoms. The van der Waals surface area contributed by atoms with Crippen molar-refractivity contribution in [2.24, 2.45) is 17.8 Å². The van der Waals surface area contributed by atoms with Crippen molar-refractivity contribution in [3.05, 3.63) is 0 Å². The van der Waals surface area contributed by atoms with Crippen molar-refractivity contribution in [3.8, 4) is 0 Å². The van der Waals surface area contributed by atoms with Gasteiger partial charge in [-0.3, -0.25) is 4.79 Å². The van der Waals surface area contributed by atoms with Gasteiger partial charge in [0.25, 0.3) is 0 Å². The number of hydrazine groups is 1. The van der Waals surface area contributed by atoms with Crippen molar-refractivity contribution in [3.63, 3.8) is 0 Å². The molecule has 4 N–H and O–H groups in total. The summed E-state index contributed by atoms with van der Waals surface area (Å²) < 4.78 is 5.77. The molecule has 0 aromatic heterocycles. The molecule has 0 aromatic carbocycles. The third kappa shape index (κ3) is 3.56. The smallest absolute Gasteiger partial charge is 0.226 e. The van der Waals surface area contributed by atoms with Crippen LogP contribution in [0.4, 0.5) is 0 Å². The minimum Gasteiger partial charge on any atom is -0.324 e. The van der Waals surface area contributed by atoms with E-state index in [-0.39, 0.29) is 24.4 Å². The van der Waals surface area contributed by atoms with E-state index in [0.29, 0.717) is 17.9 Å². The summed E-state index contributed by atoms with van der Waals surface area (Å²) in [4.78, 5) is 12.4. The second-order valence-corrected chi connectivity index (χ2v) is 6.64. The Morgan fingerprint density at radius 3 is 2.71 bits per heavy atom. The molecule has 1 saturated heterocycles.